The van der Waals surface area contributed by atoms with E-state index in [-0.39, 0.29) is 5.60 Å². The molecule has 1 fully saturated rings. The zero-order valence-electron chi connectivity index (χ0n) is 9.21. The first-order chi connectivity index (χ1) is 6.15. The van der Waals surface area contributed by atoms with Gasteiger partial charge in [0.15, 0.2) is 0 Å². The second-order valence-electron chi connectivity index (χ2n) is 4.35. The Morgan fingerprint density at radius 1 is 1.23 bits per heavy atom. The van der Waals surface area contributed by atoms with Crippen molar-refractivity contribution in [3.05, 3.63) is 0 Å². The molecule has 0 bridgehead atoms. The molecule has 1 N–H and O–H groups in total. The summed E-state index contributed by atoms with van der Waals surface area (Å²) in [6, 6.07) is 0.692. The van der Waals surface area contributed by atoms with Crippen LogP contribution in [0.4, 0.5) is 0 Å². The van der Waals surface area contributed by atoms with E-state index in [2.05, 4.69) is 25.7 Å². The zero-order chi connectivity index (χ0) is 9.90. The maximum atomic E-state index is 9.98. The Labute approximate surface area is 81.9 Å². The summed E-state index contributed by atoms with van der Waals surface area (Å²) in [6.07, 6.45) is 4.47. The van der Waals surface area contributed by atoms with Gasteiger partial charge in [0.2, 0.25) is 0 Å². The molecule has 13 heavy (non-hydrogen) atoms. The monoisotopic (exact) mass is 185 g/mol. The first-order valence-electron chi connectivity index (χ1n) is 5.61. The Balaban J connectivity index is 2.30. The van der Waals surface area contributed by atoms with Crippen molar-refractivity contribution in [2.45, 2.75) is 58.1 Å². The lowest BCUT2D eigenvalue weighted by Gasteiger charge is -2.50. The van der Waals surface area contributed by atoms with E-state index in [0.717, 1.165) is 25.9 Å². The molecule has 0 spiro atoms. The van der Waals surface area contributed by atoms with Gasteiger partial charge < -0.3 is 5.11 Å². The molecule has 2 nitrogen and oxygen atoms in total. The Bertz CT molecular complexity index is 148. The van der Waals surface area contributed by atoms with Crippen LogP contribution in [0.1, 0.15) is 46.5 Å². The fourth-order valence-electron chi connectivity index (χ4n) is 2.40. The van der Waals surface area contributed by atoms with E-state index < -0.39 is 0 Å². The van der Waals surface area contributed by atoms with Gasteiger partial charge in [0.1, 0.15) is 0 Å². The van der Waals surface area contributed by atoms with Crippen LogP contribution in [0.25, 0.3) is 0 Å². The maximum Gasteiger partial charge on any atom is 0.0900 e. The SMILES string of the molecule is CCCC1(O)CN(C(CC)CC)C1. The minimum atomic E-state index is -0.350. The summed E-state index contributed by atoms with van der Waals surface area (Å²) < 4.78 is 0. The highest BCUT2D eigenvalue weighted by Crippen LogP contribution is 2.29. The van der Waals surface area contributed by atoms with Crippen molar-refractivity contribution in [1.82, 2.24) is 4.90 Å². The summed E-state index contributed by atoms with van der Waals surface area (Å²) >= 11 is 0. The van der Waals surface area contributed by atoms with E-state index in [1.54, 1.807) is 0 Å². The molecule has 1 aliphatic heterocycles. The Hall–Kier alpha value is -0.0800. The standard InChI is InChI=1S/C11H23NO/c1-4-7-11(13)8-12(9-11)10(5-2)6-3/h10,13H,4-9H2,1-3H3. The molecule has 0 unspecified atom stereocenters. The summed E-state index contributed by atoms with van der Waals surface area (Å²) in [6.45, 7) is 8.38. The van der Waals surface area contributed by atoms with Crippen molar-refractivity contribution in [2.24, 2.45) is 0 Å². The third-order valence-electron chi connectivity index (χ3n) is 3.17. The van der Waals surface area contributed by atoms with Crippen molar-refractivity contribution < 1.29 is 5.11 Å². The van der Waals surface area contributed by atoms with E-state index in [1.807, 2.05) is 0 Å². The van der Waals surface area contributed by atoms with Crippen LogP contribution < -0.4 is 0 Å². The van der Waals surface area contributed by atoms with E-state index in [4.69, 9.17) is 0 Å². The minimum absolute atomic E-state index is 0.350. The highest BCUT2D eigenvalue weighted by molar-refractivity contribution is 4.97. The molecule has 0 saturated carbocycles. The Morgan fingerprint density at radius 2 is 1.77 bits per heavy atom. The first kappa shape index (κ1) is 11.0. The van der Waals surface area contributed by atoms with E-state index >= 15 is 0 Å². The quantitative estimate of drug-likeness (QED) is 0.708. The van der Waals surface area contributed by atoms with Gasteiger partial charge >= 0.3 is 0 Å². The van der Waals surface area contributed by atoms with Crippen molar-refractivity contribution in [1.29, 1.82) is 0 Å². The largest absolute Gasteiger partial charge is 0.387 e. The lowest BCUT2D eigenvalue weighted by molar-refractivity contribution is -0.120. The molecule has 0 aromatic rings. The summed E-state index contributed by atoms with van der Waals surface area (Å²) in [4.78, 5) is 2.41. The Morgan fingerprint density at radius 3 is 2.15 bits per heavy atom. The molecule has 0 aliphatic carbocycles. The van der Waals surface area contributed by atoms with Crippen LogP contribution in [0.2, 0.25) is 0 Å². The molecular weight excluding hydrogens is 162 g/mol. The van der Waals surface area contributed by atoms with Crippen LogP contribution in [0.5, 0.6) is 0 Å². The second-order valence-corrected chi connectivity index (χ2v) is 4.35. The van der Waals surface area contributed by atoms with E-state index in [0.29, 0.717) is 6.04 Å². The number of β-amino-alcohol motifs (C(OH)–C–C–N with tert-alkyl or cyclic N) is 1. The van der Waals surface area contributed by atoms with Crippen molar-refractivity contribution in [2.75, 3.05) is 13.1 Å². The van der Waals surface area contributed by atoms with Gasteiger partial charge in [-0.1, -0.05) is 27.2 Å². The van der Waals surface area contributed by atoms with Crippen LogP contribution in [-0.4, -0.2) is 34.7 Å². The molecule has 2 heteroatoms. The summed E-state index contributed by atoms with van der Waals surface area (Å²) in [5, 5.41) is 9.98. The van der Waals surface area contributed by atoms with Gasteiger partial charge in [-0.3, -0.25) is 4.90 Å². The van der Waals surface area contributed by atoms with Gasteiger partial charge in [-0.05, 0) is 19.3 Å². The van der Waals surface area contributed by atoms with Crippen LogP contribution in [0.15, 0.2) is 0 Å². The molecule has 1 saturated heterocycles. The normalized spacial score (nSPS) is 21.9. The zero-order valence-corrected chi connectivity index (χ0v) is 9.21. The molecule has 1 aliphatic rings. The summed E-state index contributed by atoms with van der Waals surface area (Å²) in [5.74, 6) is 0. The number of nitrogens with zero attached hydrogens (tertiary/aromatic N) is 1. The lowest BCUT2D eigenvalue weighted by atomic mass is 9.87. The molecule has 0 aromatic heterocycles. The smallest absolute Gasteiger partial charge is 0.0900 e. The number of hydrogen-bond donors (Lipinski definition) is 1. The summed E-state index contributed by atoms with van der Waals surface area (Å²) in [5.41, 5.74) is -0.350. The average molecular weight is 185 g/mol. The number of aliphatic hydroxyl groups is 1. The van der Waals surface area contributed by atoms with Crippen LogP contribution in [-0.2, 0) is 0 Å². The maximum absolute atomic E-state index is 9.98. The van der Waals surface area contributed by atoms with Gasteiger partial charge in [0.05, 0.1) is 5.60 Å². The molecule has 1 heterocycles. The fraction of sp³-hybridized carbons (Fsp3) is 1.00. The third-order valence-corrected chi connectivity index (χ3v) is 3.17. The van der Waals surface area contributed by atoms with Crippen LogP contribution in [0, 0.1) is 0 Å². The Kier molecular flexibility index (Phi) is 3.74. The predicted octanol–water partition coefficient (Wildman–Crippen LogP) is 2.02. The van der Waals surface area contributed by atoms with Crippen LogP contribution >= 0.6 is 0 Å². The molecule has 1 rings (SSSR count). The molecular formula is C11H23NO. The number of rotatable bonds is 5. The van der Waals surface area contributed by atoms with Gasteiger partial charge in [0, 0.05) is 19.1 Å². The number of likely N-dealkylation sites (tertiary alicyclic amines) is 1. The molecule has 0 radical (unpaired) electrons. The van der Waals surface area contributed by atoms with Crippen molar-refractivity contribution >= 4 is 0 Å². The molecule has 0 atom stereocenters. The predicted molar refractivity (Wildman–Crippen MR) is 55.8 cm³/mol. The van der Waals surface area contributed by atoms with Gasteiger partial charge in [-0.25, -0.2) is 0 Å². The van der Waals surface area contributed by atoms with Gasteiger partial charge in [-0.15, -0.1) is 0 Å². The third kappa shape index (κ3) is 2.44. The first-order valence-corrected chi connectivity index (χ1v) is 5.61. The van der Waals surface area contributed by atoms with Crippen molar-refractivity contribution in [3.63, 3.8) is 0 Å². The van der Waals surface area contributed by atoms with Gasteiger partial charge in [-0.2, -0.15) is 0 Å². The topological polar surface area (TPSA) is 23.5 Å². The highest BCUT2D eigenvalue weighted by atomic mass is 16.3. The summed E-state index contributed by atoms with van der Waals surface area (Å²) in [7, 11) is 0. The number of hydrogen-bond acceptors (Lipinski definition) is 2. The second kappa shape index (κ2) is 4.43. The van der Waals surface area contributed by atoms with E-state index in [1.165, 1.54) is 12.8 Å². The van der Waals surface area contributed by atoms with Gasteiger partial charge in [0.25, 0.3) is 0 Å². The molecule has 0 amide bonds. The minimum Gasteiger partial charge on any atom is -0.387 e. The molecule has 78 valence electrons. The average Bonchev–Trinajstić information content (AvgIpc) is 2.04. The fourth-order valence-corrected chi connectivity index (χ4v) is 2.40. The molecule has 0 aromatic carbocycles. The van der Waals surface area contributed by atoms with E-state index in [9.17, 15) is 5.11 Å². The lowest BCUT2D eigenvalue weighted by Crippen LogP contribution is -2.64. The van der Waals surface area contributed by atoms with Crippen LogP contribution in [0.3, 0.4) is 0 Å². The highest BCUT2D eigenvalue weighted by Gasteiger charge is 2.42. The van der Waals surface area contributed by atoms with Crippen molar-refractivity contribution in [3.8, 4) is 0 Å².